The van der Waals surface area contributed by atoms with Gasteiger partial charge >= 0.3 is 0 Å². The zero-order valence-electron chi connectivity index (χ0n) is 12.6. The van der Waals surface area contributed by atoms with Crippen molar-refractivity contribution >= 4 is 10.5 Å². The van der Waals surface area contributed by atoms with Gasteiger partial charge in [-0.25, -0.2) is 8.78 Å². The van der Waals surface area contributed by atoms with E-state index in [4.69, 9.17) is 13.9 Å². The van der Waals surface area contributed by atoms with Crippen molar-refractivity contribution in [1.82, 2.24) is 0 Å². The van der Waals surface area contributed by atoms with Crippen molar-refractivity contribution in [3.8, 4) is 0 Å². The van der Waals surface area contributed by atoms with E-state index in [1.165, 1.54) is 6.07 Å². The van der Waals surface area contributed by atoms with Crippen LogP contribution in [0.25, 0.3) is 0 Å². The molecule has 20 heavy (non-hydrogen) atoms. The van der Waals surface area contributed by atoms with Gasteiger partial charge < -0.3 is 13.9 Å². The number of halogens is 2. The van der Waals surface area contributed by atoms with Crippen molar-refractivity contribution in [1.29, 1.82) is 0 Å². The predicted molar refractivity (Wildman–Crippen MR) is 76.3 cm³/mol. The average Bonchev–Trinajstić information content (AvgIpc) is 2.32. The Morgan fingerprint density at radius 1 is 1.05 bits per heavy atom. The molecule has 0 amide bonds. The van der Waals surface area contributed by atoms with Crippen LogP contribution in [0.2, 0.25) is 0 Å². The Labute approximate surface area is 121 Å². The van der Waals surface area contributed by atoms with Crippen LogP contribution in [0.1, 0.15) is 33.3 Å². The van der Waals surface area contributed by atoms with E-state index in [0.29, 0.717) is 16.0 Å². The Morgan fingerprint density at radius 3 is 2.00 bits per heavy atom. The van der Waals surface area contributed by atoms with Crippen molar-refractivity contribution in [2.24, 2.45) is 0 Å². The quantitative estimate of drug-likeness (QED) is 0.571. The summed E-state index contributed by atoms with van der Waals surface area (Å²) >= 11 is 0. The third kappa shape index (κ3) is 4.94. The lowest BCUT2D eigenvalue weighted by Gasteiger charge is -2.36. The van der Waals surface area contributed by atoms with E-state index in [1.807, 2.05) is 27.7 Å². The molecule has 114 valence electrons. The lowest BCUT2D eigenvalue weighted by Crippen LogP contribution is -2.44. The molecule has 1 rings (SSSR count). The smallest absolute Gasteiger partial charge is 0.277 e. The van der Waals surface area contributed by atoms with Crippen molar-refractivity contribution in [3.05, 3.63) is 35.4 Å². The highest BCUT2D eigenvalue weighted by Crippen LogP contribution is 2.25. The van der Waals surface area contributed by atoms with Gasteiger partial charge in [0, 0.05) is 0 Å². The molecule has 0 aliphatic rings. The van der Waals surface area contributed by atoms with Crippen LogP contribution in [0.5, 0.6) is 0 Å². The second kappa shape index (κ2) is 7.26. The van der Waals surface area contributed by atoms with Crippen LogP contribution in [0.3, 0.4) is 0 Å². The van der Waals surface area contributed by atoms with E-state index in [1.54, 1.807) is 0 Å². The molecule has 0 fully saturated rings. The standard InChI is InChI=1S/C14H22F2O3Si/c1-9(2)17-14(19-20,18-10(3)4)8-11-5-6-12(15)13(16)7-11/h5-7,9-10H,8H2,1-4,20H3. The molecule has 0 unspecified atom stereocenters. The first-order chi connectivity index (χ1) is 9.28. The zero-order chi connectivity index (χ0) is 15.3. The summed E-state index contributed by atoms with van der Waals surface area (Å²) in [6.07, 6.45) is -0.0367. The van der Waals surface area contributed by atoms with Gasteiger partial charge in [0.05, 0.1) is 18.6 Å². The molecule has 0 N–H and O–H groups in total. The van der Waals surface area contributed by atoms with Crippen LogP contribution in [-0.2, 0) is 20.3 Å². The summed E-state index contributed by atoms with van der Waals surface area (Å²) in [6.45, 7) is 7.46. The number of benzene rings is 1. The van der Waals surface area contributed by atoms with Gasteiger partial charge in [-0.15, -0.1) is 0 Å². The van der Waals surface area contributed by atoms with Gasteiger partial charge in [0.15, 0.2) is 22.1 Å². The second-order valence-electron chi connectivity index (χ2n) is 5.15. The fraction of sp³-hybridized carbons (Fsp3) is 0.571. The van der Waals surface area contributed by atoms with E-state index in [9.17, 15) is 8.78 Å². The van der Waals surface area contributed by atoms with Gasteiger partial charge in [0.1, 0.15) is 0 Å². The van der Waals surface area contributed by atoms with E-state index in [-0.39, 0.29) is 18.6 Å². The SMILES string of the molecule is CC(C)OC(Cc1ccc(F)c(F)c1)(O[SiH3])OC(C)C. The summed E-state index contributed by atoms with van der Waals surface area (Å²) < 4.78 is 43.3. The summed E-state index contributed by atoms with van der Waals surface area (Å²) in [4.78, 5) is 0. The van der Waals surface area contributed by atoms with Crippen LogP contribution in [-0.4, -0.2) is 28.7 Å². The monoisotopic (exact) mass is 304 g/mol. The highest BCUT2D eigenvalue weighted by Gasteiger charge is 2.34. The molecule has 3 nitrogen and oxygen atoms in total. The first kappa shape index (κ1) is 17.2. The van der Waals surface area contributed by atoms with Crippen molar-refractivity contribution in [2.75, 3.05) is 0 Å². The second-order valence-corrected chi connectivity index (χ2v) is 5.55. The van der Waals surface area contributed by atoms with Crippen LogP contribution in [0.15, 0.2) is 18.2 Å². The Balaban J connectivity index is 3.00. The minimum Gasteiger partial charge on any atom is -0.380 e. The fourth-order valence-corrected chi connectivity index (χ4v) is 2.23. The first-order valence-corrected chi connectivity index (χ1v) is 7.44. The van der Waals surface area contributed by atoms with Crippen molar-refractivity contribution in [2.45, 2.75) is 52.3 Å². The average molecular weight is 304 g/mol. The summed E-state index contributed by atoms with van der Waals surface area (Å²) in [5.74, 6) is -3.02. The fourth-order valence-electron chi connectivity index (χ4n) is 1.90. The molecule has 1 aromatic rings. The van der Waals surface area contributed by atoms with E-state index < -0.39 is 17.6 Å². The molecular formula is C14H22F2O3Si. The van der Waals surface area contributed by atoms with Crippen molar-refractivity contribution < 1.29 is 22.7 Å². The number of hydrogen-bond donors (Lipinski definition) is 0. The molecule has 0 aromatic heterocycles. The first-order valence-electron chi connectivity index (χ1n) is 6.62. The molecule has 0 spiro atoms. The summed E-state index contributed by atoms with van der Waals surface area (Å²) in [7, 11) is 0.396. The summed E-state index contributed by atoms with van der Waals surface area (Å²) in [6, 6.07) is 3.73. The predicted octanol–water partition coefficient (Wildman–Crippen LogP) is 2.31. The summed E-state index contributed by atoms with van der Waals surface area (Å²) in [5.41, 5.74) is 0.557. The maximum atomic E-state index is 13.3. The number of ether oxygens (including phenoxy) is 2. The molecule has 0 aliphatic heterocycles. The molecular weight excluding hydrogens is 282 g/mol. The van der Waals surface area contributed by atoms with Gasteiger partial charge in [0.25, 0.3) is 5.97 Å². The molecule has 0 atom stereocenters. The van der Waals surface area contributed by atoms with Crippen LogP contribution >= 0.6 is 0 Å². The van der Waals surface area contributed by atoms with Gasteiger partial charge in [-0.2, -0.15) is 0 Å². The molecule has 1 aromatic carbocycles. The largest absolute Gasteiger partial charge is 0.380 e. The molecule has 0 radical (unpaired) electrons. The lowest BCUT2D eigenvalue weighted by atomic mass is 10.1. The topological polar surface area (TPSA) is 27.7 Å². The van der Waals surface area contributed by atoms with E-state index in [2.05, 4.69) is 0 Å². The minimum absolute atomic E-state index is 0.118. The molecule has 0 bridgehead atoms. The van der Waals surface area contributed by atoms with E-state index >= 15 is 0 Å². The highest BCUT2D eigenvalue weighted by atomic mass is 28.2. The van der Waals surface area contributed by atoms with Gasteiger partial charge in [-0.3, -0.25) is 0 Å². The molecule has 0 heterocycles. The third-order valence-corrected chi connectivity index (χ3v) is 3.17. The maximum absolute atomic E-state index is 13.3. The zero-order valence-corrected chi connectivity index (χ0v) is 14.6. The molecule has 6 heteroatoms. The lowest BCUT2D eigenvalue weighted by molar-refractivity contribution is -0.365. The highest BCUT2D eigenvalue weighted by molar-refractivity contribution is 5.98. The van der Waals surface area contributed by atoms with Gasteiger partial charge in [-0.1, -0.05) is 6.07 Å². The van der Waals surface area contributed by atoms with Crippen molar-refractivity contribution in [3.63, 3.8) is 0 Å². The minimum atomic E-state index is -1.25. The summed E-state index contributed by atoms with van der Waals surface area (Å²) in [5, 5.41) is 0. The van der Waals surface area contributed by atoms with Crippen LogP contribution < -0.4 is 0 Å². The van der Waals surface area contributed by atoms with Crippen LogP contribution in [0.4, 0.5) is 8.78 Å². The molecule has 0 aliphatic carbocycles. The Hall–Kier alpha value is -0.823. The molecule has 0 saturated heterocycles. The Kier molecular flexibility index (Phi) is 6.26. The maximum Gasteiger partial charge on any atom is 0.277 e. The normalized spacial score (nSPS) is 12.6. The number of hydrogen-bond acceptors (Lipinski definition) is 3. The Bertz CT molecular complexity index is 428. The van der Waals surface area contributed by atoms with Gasteiger partial charge in [0.2, 0.25) is 0 Å². The van der Waals surface area contributed by atoms with Crippen LogP contribution in [0, 0.1) is 11.6 Å². The van der Waals surface area contributed by atoms with E-state index in [0.717, 1.165) is 12.1 Å². The number of rotatable bonds is 7. The molecule has 0 saturated carbocycles. The van der Waals surface area contributed by atoms with Gasteiger partial charge in [-0.05, 0) is 45.4 Å². The third-order valence-electron chi connectivity index (χ3n) is 2.55. The Morgan fingerprint density at radius 2 is 1.60 bits per heavy atom.